The van der Waals surface area contributed by atoms with Crippen molar-refractivity contribution in [1.82, 2.24) is 41.7 Å². The van der Waals surface area contributed by atoms with Crippen molar-refractivity contribution in [1.29, 1.82) is 0 Å². The van der Waals surface area contributed by atoms with E-state index in [1.54, 1.807) is 0 Å². The number of benzene rings is 1. The van der Waals surface area contributed by atoms with Gasteiger partial charge in [-0.2, -0.15) is 0 Å². The molecule has 0 radical (unpaired) electrons. The normalized spacial score (nSPS) is 21.9. The first-order chi connectivity index (χ1) is 17.3. The summed E-state index contributed by atoms with van der Waals surface area (Å²) in [4.78, 5) is 5.11. The predicted molar refractivity (Wildman–Crippen MR) is 148 cm³/mol. The van der Waals surface area contributed by atoms with Crippen LogP contribution in [-0.2, 0) is 23.9 Å². The molecule has 10 heteroatoms. The van der Waals surface area contributed by atoms with Crippen LogP contribution in [0.25, 0.3) is 0 Å². The Bertz CT molecular complexity index is 609. The zero-order valence-electron chi connectivity index (χ0n) is 21.4. The molecule has 0 bridgehead atoms. The van der Waals surface area contributed by atoms with Crippen LogP contribution >= 0.6 is 12.9 Å². The van der Waals surface area contributed by atoms with E-state index >= 15 is 0 Å². The van der Waals surface area contributed by atoms with Gasteiger partial charge in [-0.25, -0.2) is 0 Å². The van der Waals surface area contributed by atoms with Crippen molar-refractivity contribution in [2.45, 2.75) is 19.7 Å². The Balaban J connectivity index is 1.63. The molecule has 200 valence electrons. The summed E-state index contributed by atoms with van der Waals surface area (Å²) < 4.78 is 5.22. The Hall–Kier alpha value is -0.790. The van der Waals surface area contributed by atoms with Crippen molar-refractivity contribution in [3.8, 4) is 0 Å². The number of thiol groups is 1. The summed E-state index contributed by atoms with van der Waals surface area (Å²) in [6, 6.07) is 6.96. The van der Waals surface area contributed by atoms with E-state index in [2.05, 4.69) is 72.8 Å². The van der Waals surface area contributed by atoms with Crippen molar-refractivity contribution in [3.63, 3.8) is 0 Å². The van der Waals surface area contributed by atoms with Gasteiger partial charge in [-0.05, 0) is 29.6 Å². The topological polar surface area (TPSA) is 87.9 Å². The second kappa shape index (κ2) is 18.5. The first kappa shape index (κ1) is 28.8. The average molecular weight is 509 g/mol. The molecule has 2 fully saturated rings. The van der Waals surface area contributed by atoms with Gasteiger partial charge in [-0.1, -0.05) is 18.2 Å². The number of hydrogen-bond acceptors (Lipinski definition) is 10. The SMILES string of the molecule is SOCc1cc(CN2CCNCCNCCNCC2)cc(CN2CCNCCNCCNCC2)c1. The van der Waals surface area contributed by atoms with Crippen LogP contribution in [-0.4, -0.2) is 115 Å². The minimum absolute atomic E-state index is 0.524. The lowest BCUT2D eigenvalue weighted by Gasteiger charge is -2.26. The lowest BCUT2D eigenvalue weighted by atomic mass is 10.0. The first-order valence-corrected chi connectivity index (χ1v) is 13.8. The molecule has 0 atom stereocenters. The molecule has 35 heavy (non-hydrogen) atoms. The lowest BCUT2D eigenvalue weighted by Crippen LogP contribution is -2.41. The molecule has 0 aliphatic carbocycles. The highest BCUT2D eigenvalue weighted by molar-refractivity contribution is 7.75. The lowest BCUT2D eigenvalue weighted by molar-refractivity contribution is 0.258. The van der Waals surface area contributed by atoms with Crippen molar-refractivity contribution < 1.29 is 4.18 Å². The van der Waals surface area contributed by atoms with Crippen LogP contribution < -0.4 is 31.9 Å². The van der Waals surface area contributed by atoms with Gasteiger partial charge in [0.05, 0.1) is 6.61 Å². The van der Waals surface area contributed by atoms with Gasteiger partial charge >= 0.3 is 0 Å². The quantitative estimate of drug-likeness (QED) is 0.198. The van der Waals surface area contributed by atoms with E-state index in [1.165, 1.54) is 16.7 Å². The van der Waals surface area contributed by atoms with E-state index in [0.717, 1.165) is 118 Å². The van der Waals surface area contributed by atoms with Crippen LogP contribution in [0.2, 0.25) is 0 Å². The number of nitrogens with one attached hydrogen (secondary N) is 6. The van der Waals surface area contributed by atoms with Crippen LogP contribution in [0.1, 0.15) is 16.7 Å². The highest BCUT2D eigenvalue weighted by Crippen LogP contribution is 2.16. The fourth-order valence-corrected chi connectivity index (χ4v) is 4.79. The Morgan fingerprint density at radius 3 is 1.17 bits per heavy atom. The fraction of sp³-hybridized carbons (Fsp3) is 0.760. The van der Waals surface area contributed by atoms with Gasteiger partial charge in [0.1, 0.15) is 0 Å². The summed E-state index contributed by atoms with van der Waals surface area (Å²) in [6.45, 7) is 18.8. The van der Waals surface area contributed by atoms with E-state index in [9.17, 15) is 0 Å². The summed E-state index contributed by atoms with van der Waals surface area (Å²) in [5, 5.41) is 21.2. The third-order valence-electron chi connectivity index (χ3n) is 6.49. The third kappa shape index (κ3) is 12.8. The second-order valence-corrected chi connectivity index (χ2v) is 9.74. The molecular formula is C25H48N8OS. The van der Waals surface area contributed by atoms with E-state index in [0.29, 0.717) is 6.61 Å². The van der Waals surface area contributed by atoms with E-state index in [1.807, 2.05) is 0 Å². The average Bonchev–Trinajstić information content (AvgIpc) is 2.83. The Kier molecular flexibility index (Phi) is 15.2. The molecule has 1 aromatic rings. The summed E-state index contributed by atoms with van der Waals surface area (Å²) >= 11 is 4.03. The van der Waals surface area contributed by atoms with E-state index < -0.39 is 0 Å². The highest BCUT2D eigenvalue weighted by Gasteiger charge is 2.12. The van der Waals surface area contributed by atoms with Gasteiger partial charge < -0.3 is 36.1 Å². The molecule has 9 nitrogen and oxygen atoms in total. The van der Waals surface area contributed by atoms with Crippen LogP contribution in [0.15, 0.2) is 18.2 Å². The van der Waals surface area contributed by atoms with Crippen LogP contribution in [0, 0.1) is 0 Å². The van der Waals surface area contributed by atoms with Gasteiger partial charge in [0.25, 0.3) is 0 Å². The third-order valence-corrected chi connectivity index (χ3v) is 6.62. The molecule has 0 spiro atoms. The minimum Gasteiger partial charge on any atom is -0.314 e. The zero-order chi connectivity index (χ0) is 24.4. The monoisotopic (exact) mass is 508 g/mol. The number of nitrogens with zero attached hydrogens (tertiary/aromatic N) is 2. The molecular weight excluding hydrogens is 460 g/mol. The molecule has 6 N–H and O–H groups in total. The van der Waals surface area contributed by atoms with Gasteiger partial charge in [0, 0.05) is 118 Å². The molecule has 0 aromatic heterocycles. The standard InChI is InChI=1S/C25H48N8OS/c35-34-22-25-18-23(20-32-13-9-28-5-1-26-2-6-29-10-14-32)17-24(19-25)21-33-15-11-30-7-3-27-4-8-31-12-16-33/h17-19,26-31,35H,1-16,20-22H2. The molecule has 2 aliphatic heterocycles. The molecule has 0 unspecified atom stereocenters. The van der Waals surface area contributed by atoms with Crippen molar-refractivity contribution in [2.24, 2.45) is 0 Å². The smallest absolute Gasteiger partial charge is 0.0861 e. The van der Waals surface area contributed by atoms with E-state index in [-0.39, 0.29) is 0 Å². The Morgan fingerprint density at radius 1 is 0.514 bits per heavy atom. The minimum atomic E-state index is 0.524. The summed E-state index contributed by atoms with van der Waals surface area (Å²) in [5.41, 5.74) is 3.91. The highest BCUT2D eigenvalue weighted by atomic mass is 32.1. The second-order valence-electron chi connectivity index (χ2n) is 9.48. The maximum absolute atomic E-state index is 5.22. The zero-order valence-corrected chi connectivity index (χ0v) is 22.3. The number of hydrogen-bond donors (Lipinski definition) is 7. The number of rotatable bonds is 6. The first-order valence-electron chi connectivity index (χ1n) is 13.4. The molecule has 2 saturated heterocycles. The van der Waals surface area contributed by atoms with E-state index in [4.69, 9.17) is 4.18 Å². The summed E-state index contributed by atoms with van der Waals surface area (Å²) in [6.07, 6.45) is 0. The molecule has 2 aliphatic rings. The van der Waals surface area contributed by atoms with Gasteiger partial charge in [0.2, 0.25) is 0 Å². The Morgan fingerprint density at radius 2 is 0.829 bits per heavy atom. The largest absolute Gasteiger partial charge is 0.314 e. The molecule has 0 amide bonds. The molecule has 1 aromatic carbocycles. The summed E-state index contributed by atoms with van der Waals surface area (Å²) in [7, 11) is 0. The van der Waals surface area contributed by atoms with Crippen molar-refractivity contribution in [3.05, 3.63) is 34.9 Å². The predicted octanol–water partition coefficient (Wildman–Crippen LogP) is -0.783. The Labute approximate surface area is 218 Å². The van der Waals surface area contributed by atoms with Gasteiger partial charge in [-0.15, -0.1) is 0 Å². The van der Waals surface area contributed by atoms with Crippen LogP contribution in [0.4, 0.5) is 0 Å². The van der Waals surface area contributed by atoms with Gasteiger partial charge in [-0.3, -0.25) is 9.80 Å². The van der Waals surface area contributed by atoms with Crippen LogP contribution in [0.5, 0.6) is 0 Å². The fourth-order valence-electron chi connectivity index (χ4n) is 4.64. The maximum atomic E-state index is 5.22. The van der Waals surface area contributed by atoms with Crippen molar-refractivity contribution >= 4 is 12.9 Å². The molecule has 3 rings (SSSR count). The van der Waals surface area contributed by atoms with Crippen LogP contribution in [0.3, 0.4) is 0 Å². The maximum Gasteiger partial charge on any atom is 0.0861 e. The molecule has 0 saturated carbocycles. The van der Waals surface area contributed by atoms with Gasteiger partial charge in [0.15, 0.2) is 0 Å². The molecule has 2 heterocycles. The summed E-state index contributed by atoms with van der Waals surface area (Å²) in [5.74, 6) is 0. The van der Waals surface area contributed by atoms with Crippen molar-refractivity contribution in [2.75, 3.05) is 105 Å².